The SMILES string of the molecule is OC(c1ccccc1)c1nccc2cc(Br)ccc12. The van der Waals surface area contributed by atoms with Crippen LogP contribution in [-0.2, 0) is 0 Å². The van der Waals surface area contributed by atoms with Crippen LogP contribution in [0.15, 0.2) is 65.3 Å². The van der Waals surface area contributed by atoms with Gasteiger partial charge in [-0.25, -0.2) is 0 Å². The van der Waals surface area contributed by atoms with Crippen molar-refractivity contribution in [3.8, 4) is 0 Å². The number of pyridine rings is 1. The van der Waals surface area contributed by atoms with Crippen molar-refractivity contribution in [1.82, 2.24) is 4.98 Å². The minimum atomic E-state index is -0.703. The zero-order valence-corrected chi connectivity index (χ0v) is 11.7. The smallest absolute Gasteiger partial charge is 0.122 e. The molecule has 1 atom stereocenters. The lowest BCUT2D eigenvalue weighted by Crippen LogP contribution is -2.02. The highest BCUT2D eigenvalue weighted by atomic mass is 79.9. The largest absolute Gasteiger partial charge is 0.382 e. The van der Waals surface area contributed by atoms with Gasteiger partial charge in [0.25, 0.3) is 0 Å². The van der Waals surface area contributed by atoms with Gasteiger partial charge >= 0.3 is 0 Å². The van der Waals surface area contributed by atoms with Crippen LogP contribution in [0.3, 0.4) is 0 Å². The second-order valence-corrected chi connectivity index (χ2v) is 5.29. The van der Waals surface area contributed by atoms with Crippen LogP contribution < -0.4 is 0 Å². The van der Waals surface area contributed by atoms with Gasteiger partial charge in [-0.2, -0.15) is 0 Å². The monoisotopic (exact) mass is 313 g/mol. The molecule has 0 saturated carbocycles. The molecule has 0 aliphatic rings. The molecule has 0 aliphatic carbocycles. The van der Waals surface area contributed by atoms with E-state index in [0.717, 1.165) is 20.8 Å². The molecule has 0 radical (unpaired) electrons. The van der Waals surface area contributed by atoms with E-state index in [1.165, 1.54) is 0 Å². The Morgan fingerprint density at radius 3 is 2.58 bits per heavy atom. The van der Waals surface area contributed by atoms with Gasteiger partial charge in [-0.05, 0) is 29.1 Å². The minimum Gasteiger partial charge on any atom is -0.382 e. The third kappa shape index (κ3) is 2.39. The van der Waals surface area contributed by atoms with Gasteiger partial charge in [0, 0.05) is 16.1 Å². The van der Waals surface area contributed by atoms with Crippen molar-refractivity contribution in [2.75, 3.05) is 0 Å². The Morgan fingerprint density at radius 1 is 1.00 bits per heavy atom. The van der Waals surface area contributed by atoms with E-state index < -0.39 is 6.10 Å². The molecule has 0 saturated heterocycles. The fraction of sp³-hybridized carbons (Fsp3) is 0.0625. The number of nitrogens with zero attached hydrogens (tertiary/aromatic N) is 1. The van der Waals surface area contributed by atoms with Crippen molar-refractivity contribution in [3.63, 3.8) is 0 Å². The summed E-state index contributed by atoms with van der Waals surface area (Å²) in [6.07, 6.45) is 1.03. The summed E-state index contributed by atoms with van der Waals surface area (Å²) >= 11 is 3.46. The molecule has 3 aromatic rings. The van der Waals surface area contributed by atoms with Gasteiger partial charge < -0.3 is 5.11 Å². The molecule has 19 heavy (non-hydrogen) atoms. The average molecular weight is 314 g/mol. The standard InChI is InChI=1S/C16H12BrNO/c17-13-6-7-14-12(10-13)8-9-18-15(14)16(19)11-4-2-1-3-5-11/h1-10,16,19H. The van der Waals surface area contributed by atoms with Crippen LogP contribution in [0.25, 0.3) is 10.8 Å². The summed E-state index contributed by atoms with van der Waals surface area (Å²) in [5.41, 5.74) is 1.54. The van der Waals surface area contributed by atoms with Crippen molar-refractivity contribution >= 4 is 26.7 Å². The van der Waals surface area contributed by atoms with Crippen molar-refractivity contribution in [3.05, 3.63) is 76.5 Å². The molecule has 0 amide bonds. The highest BCUT2D eigenvalue weighted by Gasteiger charge is 2.14. The first kappa shape index (κ1) is 12.3. The Kier molecular flexibility index (Phi) is 3.32. The number of fused-ring (bicyclic) bond motifs is 1. The normalized spacial score (nSPS) is 12.5. The molecule has 2 nitrogen and oxygen atoms in total. The number of aromatic nitrogens is 1. The van der Waals surface area contributed by atoms with Crippen LogP contribution in [0.1, 0.15) is 17.4 Å². The summed E-state index contributed by atoms with van der Waals surface area (Å²) in [6.45, 7) is 0. The molecule has 1 unspecified atom stereocenters. The maximum absolute atomic E-state index is 10.5. The molecular weight excluding hydrogens is 302 g/mol. The number of hydrogen-bond acceptors (Lipinski definition) is 2. The fourth-order valence-corrected chi connectivity index (χ4v) is 2.56. The van der Waals surface area contributed by atoms with Crippen LogP contribution in [-0.4, -0.2) is 10.1 Å². The van der Waals surface area contributed by atoms with Gasteiger partial charge in [0.1, 0.15) is 6.10 Å². The number of halogens is 1. The van der Waals surface area contributed by atoms with Gasteiger partial charge in [0.2, 0.25) is 0 Å². The van der Waals surface area contributed by atoms with Crippen LogP contribution in [0, 0.1) is 0 Å². The molecule has 3 heteroatoms. The van der Waals surface area contributed by atoms with Crippen molar-refractivity contribution in [2.45, 2.75) is 6.10 Å². The molecule has 1 N–H and O–H groups in total. The minimum absolute atomic E-state index is 0.691. The van der Waals surface area contributed by atoms with Gasteiger partial charge in [-0.15, -0.1) is 0 Å². The Bertz CT molecular complexity index is 712. The van der Waals surface area contributed by atoms with Crippen LogP contribution in [0.2, 0.25) is 0 Å². The lowest BCUT2D eigenvalue weighted by Gasteiger charge is -2.13. The molecular formula is C16H12BrNO. The molecule has 0 spiro atoms. The number of rotatable bonds is 2. The Balaban J connectivity index is 2.15. The number of hydrogen-bond donors (Lipinski definition) is 1. The lowest BCUT2D eigenvalue weighted by molar-refractivity contribution is 0.217. The molecule has 3 rings (SSSR count). The average Bonchev–Trinajstić information content (AvgIpc) is 2.46. The van der Waals surface area contributed by atoms with Gasteiger partial charge in [0.15, 0.2) is 0 Å². The van der Waals surface area contributed by atoms with Gasteiger partial charge in [-0.1, -0.05) is 52.3 Å². The maximum Gasteiger partial charge on any atom is 0.122 e. The van der Waals surface area contributed by atoms with E-state index in [9.17, 15) is 5.11 Å². The summed E-state index contributed by atoms with van der Waals surface area (Å²) < 4.78 is 1.02. The third-order valence-corrected chi connectivity index (χ3v) is 3.62. The maximum atomic E-state index is 10.5. The molecule has 1 heterocycles. The van der Waals surface area contributed by atoms with Crippen molar-refractivity contribution in [1.29, 1.82) is 0 Å². The highest BCUT2D eigenvalue weighted by Crippen LogP contribution is 2.28. The van der Waals surface area contributed by atoms with Gasteiger partial charge in [-0.3, -0.25) is 4.98 Å². The van der Waals surface area contributed by atoms with Crippen LogP contribution in [0.4, 0.5) is 0 Å². The zero-order chi connectivity index (χ0) is 13.2. The third-order valence-electron chi connectivity index (χ3n) is 3.13. The molecule has 0 aliphatic heterocycles. The predicted molar refractivity (Wildman–Crippen MR) is 79.9 cm³/mol. The first-order valence-electron chi connectivity index (χ1n) is 6.03. The molecule has 0 fully saturated rings. The molecule has 1 aromatic heterocycles. The number of aliphatic hydroxyl groups excluding tert-OH is 1. The number of aliphatic hydroxyl groups is 1. The van der Waals surface area contributed by atoms with E-state index in [0.29, 0.717) is 5.69 Å². The van der Waals surface area contributed by atoms with E-state index in [4.69, 9.17) is 0 Å². The quantitative estimate of drug-likeness (QED) is 0.773. The highest BCUT2D eigenvalue weighted by molar-refractivity contribution is 9.10. The summed E-state index contributed by atoms with van der Waals surface area (Å²) in [5, 5.41) is 12.5. The lowest BCUT2D eigenvalue weighted by atomic mass is 10.0. The van der Waals surface area contributed by atoms with Crippen molar-refractivity contribution < 1.29 is 5.11 Å². The Labute approximate surface area is 119 Å². The Morgan fingerprint density at radius 2 is 1.79 bits per heavy atom. The van der Waals surface area contributed by atoms with Crippen molar-refractivity contribution in [2.24, 2.45) is 0 Å². The van der Waals surface area contributed by atoms with E-state index in [2.05, 4.69) is 20.9 Å². The first-order valence-corrected chi connectivity index (χ1v) is 6.82. The summed E-state index contributed by atoms with van der Waals surface area (Å²) in [4.78, 5) is 4.35. The summed E-state index contributed by atoms with van der Waals surface area (Å²) in [5.74, 6) is 0. The summed E-state index contributed by atoms with van der Waals surface area (Å²) in [7, 11) is 0. The molecule has 0 bridgehead atoms. The molecule has 2 aromatic carbocycles. The predicted octanol–water partition coefficient (Wildman–Crippen LogP) is 4.08. The summed E-state index contributed by atoms with van der Waals surface area (Å²) in [6, 6.07) is 17.5. The van der Waals surface area contributed by atoms with E-state index in [1.54, 1.807) is 6.20 Å². The van der Waals surface area contributed by atoms with E-state index in [-0.39, 0.29) is 0 Å². The van der Waals surface area contributed by atoms with Crippen LogP contribution >= 0.6 is 15.9 Å². The van der Waals surface area contributed by atoms with E-state index >= 15 is 0 Å². The zero-order valence-electron chi connectivity index (χ0n) is 10.1. The first-order chi connectivity index (χ1) is 9.25. The van der Waals surface area contributed by atoms with E-state index in [1.807, 2.05) is 54.6 Å². The Hall–Kier alpha value is -1.71. The fourth-order valence-electron chi connectivity index (χ4n) is 2.18. The second-order valence-electron chi connectivity index (χ2n) is 4.37. The molecule has 94 valence electrons. The van der Waals surface area contributed by atoms with Gasteiger partial charge in [0.05, 0.1) is 5.69 Å². The topological polar surface area (TPSA) is 33.1 Å². The number of benzene rings is 2. The second kappa shape index (κ2) is 5.11. The van der Waals surface area contributed by atoms with Crippen LogP contribution in [0.5, 0.6) is 0 Å².